The Hall–Kier alpha value is -1.57. The molecule has 1 aromatic rings. The van der Waals surface area contributed by atoms with Crippen molar-refractivity contribution < 1.29 is 22.6 Å². The molecule has 1 saturated heterocycles. The van der Waals surface area contributed by atoms with Crippen molar-refractivity contribution >= 4 is 5.82 Å². The van der Waals surface area contributed by atoms with Crippen LogP contribution in [-0.2, 0) is 10.9 Å². The summed E-state index contributed by atoms with van der Waals surface area (Å²) < 4.78 is 47.9. The lowest BCUT2D eigenvalue weighted by Gasteiger charge is -2.21. The first-order valence-corrected chi connectivity index (χ1v) is 5.87. The molecular weight excluding hydrogens is 263 g/mol. The quantitative estimate of drug-likeness (QED) is 0.913. The average Bonchev–Trinajstić information content (AvgIpc) is 2.36. The number of nitrogen functional groups attached to an aromatic ring is 1. The van der Waals surface area contributed by atoms with Gasteiger partial charge >= 0.3 is 6.18 Å². The lowest BCUT2D eigenvalue weighted by molar-refractivity contribution is -0.145. The molecule has 0 aromatic carbocycles. The van der Waals surface area contributed by atoms with Crippen molar-refractivity contribution in [2.75, 3.05) is 25.6 Å². The summed E-state index contributed by atoms with van der Waals surface area (Å²) in [5, 5.41) is 0. The summed E-state index contributed by atoms with van der Waals surface area (Å²) in [7, 11) is 0. The number of nitrogens with two attached hydrogens (primary N) is 1. The summed E-state index contributed by atoms with van der Waals surface area (Å²) in [6.07, 6.45) is -2.98. The molecule has 1 aliphatic rings. The highest BCUT2D eigenvalue weighted by Gasteiger charge is 2.35. The van der Waals surface area contributed by atoms with E-state index in [2.05, 4.69) is 9.97 Å². The van der Waals surface area contributed by atoms with Crippen molar-refractivity contribution in [1.82, 2.24) is 9.97 Å². The molecule has 8 heteroatoms. The van der Waals surface area contributed by atoms with Crippen molar-refractivity contribution in [2.45, 2.75) is 19.0 Å². The summed E-state index contributed by atoms with van der Waals surface area (Å²) in [6, 6.07) is 1.19. The van der Waals surface area contributed by atoms with E-state index in [0.29, 0.717) is 19.8 Å². The van der Waals surface area contributed by atoms with E-state index in [1.165, 1.54) is 6.07 Å². The Morgan fingerprint density at radius 2 is 2.00 bits per heavy atom. The highest BCUT2D eigenvalue weighted by Crippen LogP contribution is 2.28. The maximum absolute atomic E-state index is 12.5. The second kappa shape index (κ2) is 5.60. The van der Waals surface area contributed by atoms with Crippen LogP contribution in [0.3, 0.4) is 0 Å². The van der Waals surface area contributed by atoms with E-state index in [9.17, 15) is 13.2 Å². The monoisotopic (exact) mass is 277 g/mol. The van der Waals surface area contributed by atoms with Gasteiger partial charge in [0.1, 0.15) is 5.82 Å². The number of halogens is 3. The molecular formula is C11H14F3N3O2. The fourth-order valence-corrected chi connectivity index (χ4v) is 1.76. The molecule has 1 aliphatic heterocycles. The Kier molecular flexibility index (Phi) is 4.08. The fraction of sp³-hybridized carbons (Fsp3) is 0.636. The average molecular weight is 277 g/mol. The van der Waals surface area contributed by atoms with Crippen molar-refractivity contribution in [3.8, 4) is 5.88 Å². The van der Waals surface area contributed by atoms with Gasteiger partial charge in [-0.2, -0.15) is 18.2 Å². The molecule has 5 nitrogen and oxygen atoms in total. The molecule has 2 N–H and O–H groups in total. The molecule has 0 bridgehead atoms. The summed E-state index contributed by atoms with van der Waals surface area (Å²) in [4.78, 5) is 6.46. The summed E-state index contributed by atoms with van der Waals surface area (Å²) >= 11 is 0. The van der Waals surface area contributed by atoms with Gasteiger partial charge in [-0.05, 0) is 18.8 Å². The highest BCUT2D eigenvalue weighted by molar-refractivity contribution is 5.33. The second-order valence-corrected chi connectivity index (χ2v) is 4.32. The number of hydrogen-bond acceptors (Lipinski definition) is 5. The van der Waals surface area contributed by atoms with Crippen molar-refractivity contribution in [2.24, 2.45) is 5.92 Å². The number of rotatable bonds is 3. The third-order valence-corrected chi connectivity index (χ3v) is 2.78. The molecule has 0 unspecified atom stereocenters. The van der Waals surface area contributed by atoms with Crippen LogP contribution in [0, 0.1) is 5.92 Å². The van der Waals surface area contributed by atoms with E-state index in [1.54, 1.807) is 0 Å². The summed E-state index contributed by atoms with van der Waals surface area (Å²) in [5.41, 5.74) is 5.31. The number of ether oxygens (including phenoxy) is 2. The third kappa shape index (κ3) is 3.95. The van der Waals surface area contributed by atoms with Crippen LogP contribution in [0.4, 0.5) is 19.0 Å². The van der Waals surface area contributed by atoms with Crippen molar-refractivity contribution in [1.29, 1.82) is 0 Å². The van der Waals surface area contributed by atoms with Gasteiger partial charge in [-0.25, -0.2) is 4.98 Å². The highest BCUT2D eigenvalue weighted by atomic mass is 19.4. The van der Waals surface area contributed by atoms with Crippen LogP contribution in [0.1, 0.15) is 18.7 Å². The van der Waals surface area contributed by atoms with Gasteiger partial charge in [-0.3, -0.25) is 0 Å². The zero-order valence-electron chi connectivity index (χ0n) is 10.1. The van der Waals surface area contributed by atoms with Gasteiger partial charge < -0.3 is 15.2 Å². The number of nitrogens with zero attached hydrogens (tertiary/aromatic N) is 2. The number of alkyl halides is 3. The molecule has 0 saturated carbocycles. The normalized spacial score (nSPS) is 17.4. The van der Waals surface area contributed by atoms with Crippen LogP contribution in [0.25, 0.3) is 0 Å². The van der Waals surface area contributed by atoms with Gasteiger partial charge in [0.05, 0.1) is 6.61 Å². The Labute approximate surface area is 107 Å². The maximum Gasteiger partial charge on any atom is 0.451 e. The molecule has 0 amide bonds. The molecule has 0 radical (unpaired) electrons. The van der Waals surface area contributed by atoms with E-state index >= 15 is 0 Å². The van der Waals surface area contributed by atoms with Gasteiger partial charge in [0.2, 0.25) is 11.7 Å². The first-order valence-electron chi connectivity index (χ1n) is 5.87. The number of aromatic nitrogens is 2. The van der Waals surface area contributed by atoms with Gasteiger partial charge in [-0.15, -0.1) is 0 Å². The Morgan fingerprint density at radius 3 is 2.63 bits per heavy atom. The molecule has 0 spiro atoms. The van der Waals surface area contributed by atoms with E-state index in [0.717, 1.165) is 12.8 Å². The predicted molar refractivity (Wildman–Crippen MR) is 60.5 cm³/mol. The van der Waals surface area contributed by atoms with Gasteiger partial charge in [0.25, 0.3) is 0 Å². The first kappa shape index (κ1) is 13.9. The zero-order chi connectivity index (χ0) is 13.9. The van der Waals surface area contributed by atoms with Crippen LogP contribution < -0.4 is 10.5 Å². The molecule has 106 valence electrons. The van der Waals surface area contributed by atoms with Gasteiger partial charge in [-0.1, -0.05) is 0 Å². The molecule has 1 aromatic heterocycles. The van der Waals surface area contributed by atoms with Crippen LogP contribution in [-0.4, -0.2) is 29.8 Å². The Bertz CT molecular complexity index is 434. The van der Waals surface area contributed by atoms with Crippen molar-refractivity contribution in [3.63, 3.8) is 0 Å². The lowest BCUT2D eigenvalue weighted by atomic mass is 10.0. The molecule has 2 rings (SSSR count). The van der Waals surface area contributed by atoms with E-state index < -0.39 is 12.0 Å². The van der Waals surface area contributed by atoms with E-state index in [-0.39, 0.29) is 17.6 Å². The predicted octanol–water partition coefficient (Wildman–Crippen LogP) is 1.88. The third-order valence-electron chi connectivity index (χ3n) is 2.78. The smallest absolute Gasteiger partial charge is 0.451 e. The lowest BCUT2D eigenvalue weighted by Crippen LogP contribution is -2.22. The van der Waals surface area contributed by atoms with E-state index in [1.807, 2.05) is 0 Å². The molecule has 0 aliphatic carbocycles. The number of hydrogen-bond donors (Lipinski definition) is 1. The molecule has 0 atom stereocenters. The zero-order valence-corrected chi connectivity index (χ0v) is 10.1. The van der Waals surface area contributed by atoms with Crippen LogP contribution >= 0.6 is 0 Å². The van der Waals surface area contributed by atoms with Crippen LogP contribution in [0.15, 0.2) is 6.07 Å². The molecule has 1 fully saturated rings. The van der Waals surface area contributed by atoms with Crippen LogP contribution in [0.2, 0.25) is 0 Å². The largest absolute Gasteiger partial charge is 0.477 e. The molecule has 2 heterocycles. The summed E-state index contributed by atoms with van der Waals surface area (Å²) in [6.45, 7) is 1.60. The van der Waals surface area contributed by atoms with E-state index in [4.69, 9.17) is 15.2 Å². The molecule has 19 heavy (non-hydrogen) atoms. The second-order valence-electron chi connectivity index (χ2n) is 4.32. The maximum atomic E-state index is 12.5. The number of anilines is 1. The standard InChI is InChI=1S/C11H14F3N3O2/c12-11(13,14)10-16-8(15)5-9(17-10)19-6-7-1-3-18-4-2-7/h5,7H,1-4,6H2,(H2,15,16,17). The first-order chi connectivity index (χ1) is 8.95. The Balaban J connectivity index is 2.01. The summed E-state index contributed by atoms with van der Waals surface area (Å²) in [5.74, 6) is -1.43. The minimum atomic E-state index is -4.63. The van der Waals surface area contributed by atoms with Crippen LogP contribution in [0.5, 0.6) is 5.88 Å². The SMILES string of the molecule is Nc1cc(OCC2CCOCC2)nc(C(F)(F)F)n1. The Morgan fingerprint density at radius 1 is 1.32 bits per heavy atom. The topological polar surface area (TPSA) is 70.3 Å². The van der Waals surface area contributed by atoms with Gasteiger partial charge in [0.15, 0.2) is 0 Å². The van der Waals surface area contributed by atoms with Crippen molar-refractivity contribution in [3.05, 3.63) is 11.9 Å². The minimum Gasteiger partial charge on any atom is -0.477 e. The van der Waals surface area contributed by atoms with Gasteiger partial charge in [0, 0.05) is 19.3 Å². The minimum absolute atomic E-state index is 0.147. The fourth-order valence-electron chi connectivity index (χ4n) is 1.76.